The quantitative estimate of drug-likeness (QED) is 0.693. The van der Waals surface area contributed by atoms with E-state index in [1.807, 2.05) is 49.4 Å². The second-order valence-corrected chi connectivity index (χ2v) is 3.37. The van der Waals surface area contributed by atoms with Gasteiger partial charge in [-0.25, -0.2) is 4.98 Å². The molecular formula is C13H11NO. The molecule has 0 saturated heterocycles. The van der Waals surface area contributed by atoms with Crippen molar-refractivity contribution >= 4 is 6.29 Å². The lowest BCUT2D eigenvalue weighted by Crippen LogP contribution is -1.93. The number of pyridine rings is 1. The molecule has 1 aromatic heterocycles. The number of nitrogens with zero attached hydrogens (tertiary/aromatic N) is 1. The van der Waals surface area contributed by atoms with Crippen LogP contribution in [0.4, 0.5) is 0 Å². The second-order valence-electron chi connectivity index (χ2n) is 3.37. The molecule has 0 aliphatic rings. The minimum absolute atomic E-state index is 0.501. The van der Waals surface area contributed by atoms with Crippen LogP contribution in [0.5, 0.6) is 0 Å². The number of carbonyl (C=O) groups excluding carboxylic acids is 1. The van der Waals surface area contributed by atoms with Crippen molar-refractivity contribution in [3.05, 3.63) is 53.9 Å². The smallest absolute Gasteiger partial charge is 0.169 e. The Balaban J connectivity index is 2.58. The van der Waals surface area contributed by atoms with Gasteiger partial charge in [-0.1, -0.05) is 36.4 Å². The Hall–Kier alpha value is -1.96. The van der Waals surface area contributed by atoms with E-state index in [-0.39, 0.29) is 0 Å². The van der Waals surface area contributed by atoms with Crippen LogP contribution in [-0.4, -0.2) is 11.3 Å². The molecule has 0 amide bonds. The Kier molecular flexibility index (Phi) is 2.59. The van der Waals surface area contributed by atoms with Gasteiger partial charge in [0.05, 0.1) is 0 Å². The van der Waals surface area contributed by atoms with E-state index in [9.17, 15) is 4.79 Å². The summed E-state index contributed by atoms with van der Waals surface area (Å²) in [6.07, 6.45) is 0.801. The highest BCUT2D eigenvalue weighted by Gasteiger charge is 2.04. The molecule has 0 bridgehead atoms. The molecule has 0 aliphatic heterocycles. The third-order valence-electron chi connectivity index (χ3n) is 2.26. The maximum Gasteiger partial charge on any atom is 0.169 e. The first kappa shape index (κ1) is 9.59. The number of hydrogen-bond donors (Lipinski definition) is 0. The minimum Gasteiger partial charge on any atom is -0.296 e. The molecule has 2 rings (SSSR count). The molecule has 15 heavy (non-hydrogen) atoms. The van der Waals surface area contributed by atoms with Crippen molar-refractivity contribution in [2.24, 2.45) is 0 Å². The molecule has 1 aromatic carbocycles. The van der Waals surface area contributed by atoms with Crippen molar-refractivity contribution in [2.75, 3.05) is 0 Å². The lowest BCUT2D eigenvalue weighted by Gasteiger charge is -2.04. The van der Waals surface area contributed by atoms with Gasteiger partial charge in [0, 0.05) is 11.3 Å². The fourth-order valence-electron chi connectivity index (χ4n) is 1.53. The first-order chi connectivity index (χ1) is 7.31. The van der Waals surface area contributed by atoms with Crippen molar-refractivity contribution in [3.8, 4) is 11.1 Å². The Labute approximate surface area is 88.6 Å². The maximum absolute atomic E-state index is 10.9. The Morgan fingerprint density at radius 2 is 1.80 bits per heavy atom. The normalized spacial score (nSPS) is 9.93. The van der Waals surface area contributed by atoms with E-state index >= 15 is 0 Å². The SMILES string of the molecule is Cc1ccc(-c2ccccc2)c(C=O)n1. The van der Waals surface area contributed by atoms with Gasteiger partial charge in [-0.05, 0) is 18.6 Å². The number of aldehydes is 1. The lowest BCUT2D eigenvalue weighted by atomic mass is 10.0. The van der Waals surface area contributed by atoms with Crippen LogP contribution in [0.25, 0.3) is 11.1 Å². The highest BCUT2D eigenvalue weighted by atomic mass is 16.1. The van der Waals surface area contributed by atoms with E-state index in [0.29, 0.717) is 5.69 Å². The van der Waals surface area contributed by atoms with E-state index in [1.54, 1.807) is 0 Å². The second kappa shape index (κ2) is 4.05. The van der Waals surface area contributed by atoms with Crippen molar-refractivity contribution in [1.29, 1.82) is 0 Å². The highest BCUT2D eigenvalue weighted by molar-refractivity contribution is 5.85. The van der Waals surface area contributed by atoms with Gasteiger partial charge in [-0.2, -0.15) is 0 Å². The van der Waals surface area contributed by atoms with Crippen LogP contribution < -0.4 is 0 Å². The molecule has 0 aliphatic carbocycles. The molecule has 2 aromatic rings. The monoisotopic (exact) mass is 197 g/mol. The highest BCUT2D eigenvalue weighted by Crippen LogP contribution is 2.21. The molecule has 0 atom stereocenters. The number of aryl methyl sites for hydroxylation is 1. The average Bonchev–Trinajstić information content (AvgIpc) is 2.30. The molecule has 74 valence electrons. The summed E-state index contributed by atoms with van der Waals surface area (Å²) >= 11 is 0. The maximum atomic E-state index is 10.9. The van der Waals surface area contributed by atoms with E-state index in [1.165, 1.54) is 0 Å². The molecule has 0 saturated carbocycles. The Morgan fingerprint density at radius 1 is 1.07 bits per heavy atom. The first-order valence-corrected chi connectivity index (χ1v) is 4.79. The minimum atomic E-state index is 0.501. The van der Waals surface area contributed by atoms with Gasteiger partial charge in [0.15, 0.2) is 6.29 Å². The Bertz CT molecular complexity index is 477. The fraction of sp³-hybridized carbons (Fsp3) is 0.0769. The third-order valence-corrected chi connectivity index (χ3v) is 2.26. The number of hydrogen-bond acceptors (Lipinski definition) is 2. The summed E-state index contributed by atoms with van der Waals surface area (Å²) in [5.74, 6) is 0. The Morgan fingerprint density at radius 3 is 2.47 bits per heavy atom. The summed E-state index contributed by atoms with van der Waals surface area (Å²) in [6.45, 7) is 1.88. The van der Waals surface area contributed by atoms with E-state index in [2.05, 4.69) is 4.98 Å². The van der Waals surface area contributed by atoms with Crippen molar-refractivity contribution in [2.45, 2.75) is 6.92 Å². The molecule has 0 fully saturated rings. The number of carbonyl (C=O) groups is 1. The van der Waals surface area contributed by atoms with Gasteiger partial charge in [0.2, 0.25) is 0 Å². The van der Waals surface area contributed by atoms with Gasteiger partial charge in [0.25, 0.3) is 0 Å². The predicted octanol–water partition coefficient (Wildman–Crippen LogP) is 2.87. The van der Waals surface area contributed by atoms with Crippen LogP contribution in [0, 0.1) is 6.92 Å². The van der Waals surface area contributed by atoms with Crippen LogP contribution >= 0.6 is 0 Å². The zero-order chi connectivity index (χ0) is 10.7. The molecule has 2 nitrogen and oxygen atoms in total. The fourth-order valence-corrected chi connectivity index (χ4v) is 1.53. The summed E-state index contributed by atoms with van der Waals surface area (Å²) in [4.78, 5) is 15.1. The predicted molar refractivity (Wildman–Crippen MR) is 59.8 cm³/mol. The summed E-state index contributed by atoms with van der Waals surface area (Å²) in [6, 6.07) is 13.6. The lowest BCUT2D eigenvalue weighted by molar-refractivity contribution is 0.111. The van der Waals surface area contributed by atoms with Crippen LogP contribution in [0.15, 0.2) is 42.5 Å². The van der Waals surface area contributed by atoms with Crippen LogP contribution in [0.2, 0.25) is 0 Å². The number of rotatable bonds is 2. The summed E-state index contributed by atoms with van der Waals surface area (Å²) in [7, 11) is 0. The average molecular weight is 197 g/mol. The summed E-state index contributed by atoms with van der Waals surface area (Å²) < 4.78 is 0. The molecular weight excluding hydrogens is 186 g/mol. The van der Waals surface area contributed by atoms with Gasteiger partial charge in [-0.3, -0.25) is 4.79 Å². The number of aromatic nitrogens is 1. The standard InChI is InChI=1S/C13H11NO/c1-10-7-8-12(13(9-15)14-10)11-5-3-2-4-6-11/h2-9H,1H3. The third kappa shape index (κ3) is 1.94. The van der Waals surface area contributed by atoms with Crippen molar-refractivity contribution in [1.82, 2.24) is 4.98 Å². The zero-order valence-electron chi connectivity index (χ0n) is 8.47. The van der Waals surface area contributed by atoms with Gasteiger partial charge >= 0.3 is 0 Å². The first-order valence-electron chi connectivity index (χ1n) is 4.79. The summed E-state index contributed by atoms with van der Waals surface area (Å²) in [5, 5.41) is 0. The summed E-state index contributed by atoms with van der Waals surface area (Å²) in [5.41, 5.74) is 3.27. The van der Waals surface area contributed by atoms with E-state index in [4.69, 9.17) is 0 Å². The van der Waals surface area contributed by atoms with Crippen LogP contribution in [-0.2, 0) is 0 Å². The van der Waals surface area contributed by atoms with Crippen molar-refractivity contribution < 1.29 is 4.79 Å². The van der Waals surface area contributed by atoms with Crippen LogP contribution in [0.1, 0.15) is 16.2 Å². The molecule has 2 heteroatoms. The molecule has 0 spiro atoms. The molecule has 0 N–H and O–H groups in total. The van der Waals surface area contributed by atoms with Crippen LogP contribution in [0.3, 0.4) is 0 Å². The van der Waals surface area contributed by atoms with Gasteiger partial charge in [0.1, 0.15) is 5.69 Å². The molecule has 1 heterocycles. The zero-order valence-corrected chi connectivity index (χ0v) is 8.47. The van der Waals surface area contributed by atoms with Gasteiger partial charge in [-0.15, -0.1) is 0 Å². The topological polar surface area (TPSA) is 30.0 Å². The van der Waals surface area contributed by atoms with E-state index in [0.717, 1.165) is 23.1 Å². The number of benzene rings is 1. The molecule has 0 unspecified atom stereocenters. The van der Waals surface area contributed by atoms with E-state index < -0.39 is 0 Å². The van der Waals surface area contributed by atoms with Gasteiger partial charge < -0.3 is 0 Å². The molecule has 0 radical (unpaired) electrons. The van der Waals surface area contributed by atoms with Crippen molar-refractivity contribution in [3.63, 3.8) is 0 Å². The largest absolute Gasteiger partial charge is 0.296 e.